The Kier molecular flexibility index (Phi) is 5.21. The van der Waals surface area contributed by atoms with Crippen molar-refractivity contribution in [2.75, 3.05) is 50.7 Å². The number of fused-ring (bicyclic) bond motifs is 1. The molecule has 0 unspecified atom stereocenters. The molecule has 0 amide bonds. The third-order valence-corrected chi connectivity index (χ3v) is 4.79. The van der Waals surface area contributed by atoms with Crippen molar-refractivity contribution in [3.05, 3.63) is 30.2 Å². The molecule has 2 aliphatic heterocycles. The van der Waals surface area contributed by atoms with Crippen LogP contribution in [0.3, 0.4) is 0 Å². The summed E-state index contributed by atoms with van der Waals surface area (Å²) >= 11 is 0. The van der Waals surface area contributed by atoms with Gasteiger partial charge in [0.2, 0.25) is 5.95 Å². The Morgan fingerprint density at radius 1 is 1.22 bits per heavy atom. The molecule has 4 heterocycles. The predicted molar refractivity (Wildman–Crippen MR) is 100 cm³/mol. The zero-order valence-electron chi connectivity index (χ0n) is 15.5. The highest BCUT2D eigenvalue weighted by molar-refractivity contribution is 5.44. The number of methoxy groups -OCH3 is 1. The fourth-order valence-corrected chi connectivity index (χ4v) is 3.36. The largest absolute Gasteiger partial charge is 0.486 e. The van der Waals surface area contributed by atoms with E-state index in [0.717, 1.165) is 30.4 Å². The number of hydrogen-bond acceptors (Lipinski definition) is 9. The molecule has 1 saturated heterocycles. The maximum Gasteiger partial charge on any atom is 0.224 e. The first-order valence-corrected chi connectivity index (χ1v) is 9.03. The molecular formula is C18H24N6O3. The molecule has 27 heavy (non-hydrogen) atoms. The Labute approximate surface area is 158 Å². The van der Waals surface area contributed by atoms with Gasteiger partial charge >= 0.3 is 0 Å². The fraction of sp³-hybridized carbons (Fsp3) is 0.500. The van der Waals surface area contributed by atoms with E-state index in [-0.39, 0.29) is 12.1 Å². The summed E-state index contributed by atoms with van der Waals surface area (Å²) in [6.45, 7) is 3.32. The molecule has 1 fully saturated rings. The minimum absolute atomic E-state index is 0.0650. The van der Waals surface area contributed by atoms with Gasteiger partial charge in [0.15, 0.2) is 11.5 Å². The number of ether oxygens (including phenoxy) is 3. The van der Waals surface area contributed by atoms with Gasteiger partial charge in [-0.15, -0.1) is 0 Å². The van der Waals surface area contributed by atoms with Crippen molar-refractivity contribution >= 4 is 11.8 Å². The minimum atomic E-state index is 0.0650. The Morgan fingerprint density at radius 3 is 2.89 bits per heavy atom. The summed E-state index contributed by atoms with van der Waals surface area (Å²) in [5.74, 6) is 2.96. The van der Waals surface area contributed by atoms with Crippen molar-refractivity contribution in [1.29, 1.82) is 0 Å². The van der Waals surface area contributed by atoms with E-state index in [0.29, 0.717) is 31.5 Å². The average molecular weight is 372 g/mol. The number of nitrogens with zero attached hydrogens (tertiary/aromatic N) is 4. The third kappa shape index (κ3) is 3.88. The van der Waals surface area contributed by atoms with Crippen LogP contribution in [0.5, 0.6) is 11.5 Å². The monoisotopic (exact) mass is 372 g/mol. The molecule has 0 spiro atoms. The van der Waals surface area contributed by atoms with Crippen LogP contribution in [-0.2, 0) is 11.3 Å². The first-order chi connectivity index (χ1) is 13.3. The second-order valence-corrected chi connectivity index (χ2v) is 6.47. The average Bonchev–Trinajstić information content (AvgIpc) is 3.15. The first-order valence-electron chi connectivity index (χ1n) is 9.03. The van der Waals surface area contributed by atoms with E-state index >= 15 is 0 Å². The Bertz CT molecular complexity index is 789. The molecule has 2 N–H and O–H groups in total. The molecule has 0 saturated carbocycles. The van der Waals surface area contributed by atoms with Crippen LogP contribution < -0.4 is 25.0 Å². The standard InChI is InChI=1S/C18H24N6O3/c1-19-18-20-4-3-17(23-18)24-10-13(16(11-24)25-2)22-8-12-7-14-15(9-21-12)27-6-5-26-14/h3-4,7,9,13,16,22H,5-6,8,10-11H2,1-2H3,(H,19,20,23)/t13-,16+/m1/s1. The number of aromatic nitrogens is 3. The first kappa shape index (κ1) is 17.7. The summed E-state index contributed by atoms with van der Waals surface area (Å²) in [4.78, 5) is 15.3. The minimum Gasteiger partial charge on any atom is -0.486 e. The van der Waals surface area contributed by atoms with Crippen LogP contribution in [0.15, 0.2) is 24.5 Å². The van der Waals surface area contributed by atoms with Gasteiger partial charge < -0.3 is 29.7 Å². The summed E-state index contributed by atoms with van der Waals surface area (Å²) in [5, 5.41) is 6.52. The van der Waals surface area contributed by atoms with Crippen molar-refractivity contribution in [3.63, 3.8) is 0 Å². The highest BCUT2D eigenvalue weighted by atomic mass is 16.6. The quantitative estimate of drug-likeness (QED) is 0.759. The Balaban J connectivity index is 1.41. The SMILES string of the molecule is CNc1nccc(N2C[C@H](OC)[C@H](NCc3cc4c(cn3)OCCO4)C2)n1. The zero-order valence-corrected chi connectivity index (χ0v) is 15.5. The van der Waals surface area contributed by atoms with E-state index in [1.54, 1.807) is 19.5 Å². The lowest BCUT2D eigenvalue weighted by Gasteiger charge is -2.20. The van der Waals surface area contributed by atoms with Crippen molar-refractivity contribution in [3.8, 4) is 11.5 Å². The van der Waals surface area contributed by atoms with Crippen molar-refractivity contribution in [1.82, 2.24) is 20.3 Å². The topological polar surface area (TPSA) is 93.7 Å². The number of hydrogen-bond donors (Lipinski definition) is 2. The molecule has 4 rings (SSSR count). The van der Waals surface area contributed by atoms with Gasteiger partial charge in [-0.25, -0.2) is 4.98 Å². The van der Waals surface area contributed by atoms with Gasteiger partial charge in [0.1, 0.15) is 19.0 Å². The second-order valence-electron chi connectivity index (χ2n) is 6.47. The molecule has 2 aromatic rings. The lowest BCUT2D eigenvalue weighted by molar-refractivity contribution is 0.0965. The highest BCUT2D eigenvalue weighted by Gasteiger charge is 2.33. The van der Waals surface area contributed by atoms with Gasteiger partial charge in [-0.1, -0.05) is 0 Å². The molecular weight excluding hydrogens is 348 g/mol. The van der Waals surface area contributed by atoms with Crippen LogP contribution in [0.1, 0.15) is 5.69 Å². The van der Waals surface area contributed by atoms with E-state index in [4.69, 9.17) is 14.2 Å². The third-order valence-electron chi connectivity index (χ3n) is 4.79. The van der Waals surface area contributed by atoms with Gasteiger partial charge in [0, 0.05) is 46.1 Å². The van der Waals surface area contributed by atoms with Gasteiger partial charge in [0.05, 0.1) is 24.0 Å². The van der Waals surface area contributed by atoms with Crippen LogP contribution in [0, 0.1) is 0 Å². The molecule has 2 aromatic heterocycles. The van der Waals surface area contributed by atoms with Crippen LogP contribution in [-0.4, -0.2) is 67.6 Å². The maximum atomic E-state index is 5.68. The number of nitrogens with one attached hydrogen (secondary N) is 2. The van der Waals surface area contributed by atoms with Crippen LogP contribution in [0.2, 0.25) is 0 Å². The summed E-state index contributed by atoms with van der Waals surface area (Å²) in [6.07, 6.45) is 3.55. The van der Waals surface area contributed by atoms with Crippen LogP contribution in [0.4, 0.5) is 11.8 Å². The Morgan fingerprint density at radius 2 is 2.07 bits per heavy atom. The molecule has 144 valence electrons. The number of anilines is 2. The summed E-state index contributed by atoms with van der Waals surface area (Å²) in [5.41, 5.74) is 0.909. The van der Waals surface area contributed by atoms with Gasteiger partial charge in [-0.2, -0.15) is 4.98 Å². The van der Waals surface area contributed by atoms with Gasteiger partial charge in [-0.3, -0.25) is 4.98 Å². The number of pyridine rings is 1. The molecule has 9 nitrogen and oxygen atoms in total. The second kappa shape index (κ2) is 7.93. The molecule has 9 heteroatoms. The van der Waals surface area contributed by atoms with Crippen LogP contribution >= 0.6 is 0 Å². The molecule has 0 aliphatic carbocycles. The normalized spacial score (nSPS) is 21.3. The zero-order chi connectivity index (χ0) is 18.6. The molecule has 0 aromatic carbocycles. The summed E-state index contributed by atoms with van der Waals surface area (Å²) in [7, 11) is 3.55. The van der Waals surface area contributed by atoms with Crippen LogP contribution in [0.25, 0.3) is 0 Å². The maximum absolute atomic E-state index is 5.68. The van der Waals surface area contributed by atoms with E-state index < -0.39 is 0 Å². The molecule has 0 radical (unpaired) electrons. The smallest absolute Gasteiger partial charge is 0.224 e. The van der Waals surface area contributed by atoms with Crippen molar-refractivity contribution in [2.45, 2.75) is 18.7 Å². The van der Waals surface area contributed by atoms with E-state index in [2.05, 4.69) is 30.5 Å². The van der Waals surface area contributed by atoms with E-state index in [1.165, 1.54) is 0 Å². The number of rotatable bonds is 6. The predicted octanol–water partition coefficient (Wildman–Crippen LogP) is 0.678. The summed E-state index contributed by atoms with van der Waals surface area (Å²) < 4.78 is 16.8. The fourth-order valence-electron chi connectivity index (χ4n) is 3.36. The van der Waals surface area contributed by atoms with Crippen molar-refractivity contribution < 1.29 is 14.2 Å². The van der Waals surface area contributed by atoms with Crippen molar-refractivity contribution in [2.24, 2.45) is 0 Å². The Hall–Kier alpha value is -2.65. The lowest BCUT2D eigenvalue weighted by Crippen LogP contribution is -2.39. The van der Waals surface area contributed by atoms with Gasteiger partial charge in [0.25, 0.3) is 0 Å². The van der Waals surface area contributed by atoms with Gasteiger partial charge in [-0.05, 0) is 6.07 Å². The van der Waals surface area contributed by atoms with E-state index in [1.807, 2.05) is 19.2 Å². The molecule has 2 atom stereocenters. The lowest BCUT2D eigenvalue weighted by atomic mass is 10.2. The van der Waals surface area contributed by atoms with E-state index in [9.17, 15) is 0 Å². The molecule has 2 aliphatic rings. The molecule has 0 bridgehead atoms. The highest BCUT2D eigenvalue weighted by Crippen LogP contribution is 2.29. The summed E-state index contributed by atoms with van der Waals surface area (Å²) in [6, 6.07) is 4.01.